The van der Waals surface area contributed by atoms with E-state index in [4.69, 9.17) is 27.7 Å². The molecule has 0 spiro atoms. The predicted molar refractivity (Wildman–Crippen MR) is 77.8 cm³/mol. The molecule has 1 aromatic carbocycles. The van der Waals surface area contributed by atoms with Gasteiger partial charge < -0.3 is 9.84 Å². The van der Waals surface area contributed by atoms with Gasteiger partial charge in [-0.15, -0.1) is 0 Å². The van der Waals surface area contributed by atoms with E-state index in [1.807, 2.05) is 17.8 Å². The van der Waals surface area contributed by atoms with Gasteiger partial charge in [-0.3, -0.25) is 0 Å². The number of nitrogens with zero attached hydrogens (tertiary/aromatic N) is 2. The van der Waals surface area contributed by atoms with Gasteiger partial charge in [-0.05, 0) is 18.2 Å². The summed E-state index contributed by atoms with van der Waals surface area (Å²) in [5.41, 5.74) is 0.799. The Morgan fingerprint density at radius 3 is 2.95 bits per heavy atom. The average Bonchev–Trinajstić information content (AvgIpc) is 2.93. The lowest BCUT2D eigenvalue weighted by atomic mass is 10.2. The molecule has 3 rings (SSSR count). The maximum Gasteiger partial charge on any atom is 0.244 e. The van der Waals surface area contributed by atoms with Crippen LogP contribution in [0.25, 0.3) is 11.4 Å². The first-order valence-corrected chi connectivity index (χ1v) is 7.75. The van der Waals surface area contributed by atoms with Gasteiger partial charge in [0.05, 0.1) is 16.1 Å². The third-order valence-corrected chi connectivity index (χ3v) is 4.64. The van der Waals surface area contributed by atoms with Crippen LogP contribution < -0.4 is 5.32 Å². The smallest absolute Gasteiger partial charge is 0.244 e. The van der Waals surface area contributed by atoms with E-state index >= 15 is 0 Å². The summed E-state index contributed by atoms with van der Waals surface area (Å²) in [5, 5.41) is 8.35. The molecular formula is C12H11Cl2N3OS. The van der Waals surface area contributed by atoms with Crippen molar-refractivity contribution in [2.75, 3.05) is 18.1 Å². The number of thioether (sulfide) groups is 1. The minimum atomic E-state index is 0.128. The first-order valence-electron chi connectivity index (χ1n) is 5.84. The number of benzene rings is 1. The Labute approximate surface area is 124 Å². The molecule has 0 bridgehead atoms. The van der Waals surface area contributed by atoms with E-state index in [-0.39, 0.29) is 6.04 Å². The van der Waals surface area contributed by atoms with Crippen LogP contribution in [0.3, 0.4) is 0 Å². The fourth-order valence-electron chi connectivity index (χ4n) is 1.85. The Balaban J connectivity index is 1.85. The summed E-state index contributed by atoms with van der Waals surface area (Å²) in [4.78, 5) is 4.42. The Morgan fingerprint density at radius 2 is 2.21 bits per heavy atom. The second-order valence-corrected chi connectivity index (χ2v) is 6.13. The third kappa shape index (κ3) is 2.89. The predicted octanol–water partition coefficient (Wildman–Crippen LogP) is 3.42. The lowest BCUT2D eigenvalue weighted by Gasteiger charge is -2.19. The Morgan fingerprint density at radius 1 is 1.32 bits per heavy atom. The van der Waals surface area contributed by atoms with E-state index in [1.165, 1.54) is 0 Å². The molecule has 4 nitrogen and oxygen atoms in total. The molecule has 2 heterocycles. The van der Waals surface area contributed by atoms with Gasteiger partial charge in [0.15, 0.2) is 0 Å². The van der Waals surface area contributed by atoms with Crippen molar-refractivity contribution < 1.29 is 4.52 Å². The minimum Gasteiger partial charge on any atom is -0.337 e. The highest BCUT2D eigenvalue weighted by molar-refractivity contribution is 7.99. The second-order valence-electron chi connectivity index (χ2n) is 4.17. The molecule has 1 fully saturated rings. The zero-order chi connectivity index (χ0) is 13.2. The van der Waals surface area contributed by atoms with Crippen molar-refractivity contribution in [3.63, 3.8) is 0 Å². The number of nitrogens with one attached hydrogen (secondary N) is 1. The zero-order valence-corrected chi connectivity index (χ0v) is 12.2. The van der Waals surface area contributed by atoms with Crippen molar-refractivity contribution in [1.29, 1.82) is 0 Å². The van der Waals surface area contributed by atoms with Crippen LogP contribution in [0.4, 0.5) is 0 Å². The van der Waals surface area contributed by atoms with Crippen molar-refractivity contribution in [2.45, 2.75) is 6.04 Å². The molecular weight excluding hydrogens is 305 g/mol. The van der Waals surface area contributed by atoms with Crippen molar-refractivity contribution >= 4 is 35.0 Å². The van der Waals surface area contributed by atoms with Crippen LogP contribution in [-0.2, 0) is 0 Å². The zero-order valence-electron chi connectivity index (χ0n) is 9.90. The quantitative estimate of drug-likeness (QED) is 0.920. The molecule has 19 heavy (non-hydrogen) atoms. The summed E-state index contributed by atoms with van der Waals surface area (Å²) in [6.07, 6.45) is 0. The van der Waals surface area contributed by atoms with Crippen LogP contribution in [0.2, 0.25) is 10.0 Å². The fraction of sp³-hybridized carbons (Fsp3) is 0.333. The summed E-state index contributed by atoms with van der Waals surface area (Å²) in [5.74, 6) is 3.21. The fourth-order valence-corrected chi connectivity index (χ4v) is 3.08. The summed E-state index contributed by atoms with van der Waals surface area (Å²) in [7, 11) is 0. The van der Waals surface area contributed by atoms with E-state index in [2.05, 4.69) is 15.5 Å². The Hall–Kier alpha value is -0.750. The molecule has 1 N–H and O–H groups in total. The molecule has 0 saturated carbocycles. The first-order chi connectivity index (χ1) is 9.24. The number of hydrogen-bond acceptors (Lipinski definition) is 5. The molecule has 0 amide bonds. The van der Waals surface area contributed by atoms with Gasteiger partial charge in [0.25, 0.3) is 0 Å². The SMILES string of the molecule is Clc1ccc(-c2noc(C3CSCCN3)n2)cc1Cl. The molecule has 1 aliphatic rings. The summed E-state index contributed by atoms with van der Waals surface area (Å²) >= 11 is 13.8. The van der Waals surface area contributed by atoms with Crippen molar-refractivity contribution in [3.05, 3.63) is 34.1 Å². The largest absolute Gasteiger partial charge is 0.337 e. The minimum absolute atomic E-state index is 0.128. The highest BCUT2D eigenvalue weighted by Gasteiger charge is 2.21. The number of aromatic nitrogens is 2. The van der Waals surface area contributed by atoms with E-state index in [1.54, 1.807) is 12.1 Å². The highest BCUT2D eigenvalue weighted by atomic mass is 35.5. The van der Waals surface area contributed by atoms with Gasteiger partial charge in [0.2, 0.25) is 11.7 Å². The molecule has 100 valence electrons. The van der Waals surface area contributed by atoms with E-state index in [0.29, 0.717) is 21.8 Å². The lowest BCUT2D eigenvalue weighted by Crippen LogP contribution is -2.30. The monoisotopic (exact) mass is 315 g/mol. The summed E-state index contributed by atoms with van der Waals surface area (Å²) in [6, 6.07) is 5.42. The normalized spacial score (nSPS) is 19.6. The van der Waals surface area contributed by atoms with Crippen molar-refractivity contribution in [3.8, 4) is 11.4 Å². The van der Waals surface area contributed by atoms with Gasteiger partial charge in [-0.25, -0.2) is 0 Å². The van der Waals surface area contributed by atoms with Crippen molar-refractivity contribution in [1.82, 2.24) is 15.5 Å². The Kier molecular flexibility index (Phi) is 3.98. The first kappa shape index (κ1) is 13.2. The van der Waals surface area contributed by atoms with Gasteiger partial charge in [0, 0.05) is 23.6 Å². The standard InChI is InChI=1S/C12H11Cl2N3OS/c13-8-2-1-7(5-9(8)14)11-16-12(18-17-11)10-6-19-4-3-15-10/h1-2,5,10,15H,3-4,6H2. The van der Waals surface area contributed by atoms with E-state index in [0.717, 1.165) is 23.6 Å². The van der Waals surface area contributed by atoms with Gasteiger partial charge in [-0.2, -0.15) is 16.7 Å². The molecule has 7 heteroatoms. The lowest BCUT2D eigenvalue weighted by molar-refractivity contribution is 0.342. The van der Waals surface area contributed by atoms with Crippen LogP contribution in [-0.4, -0.2) is 28.2 Å². The van der Waals surface area contributed by atoms with E-state index in [9.17, 15) is 0 Å². The van der Waals surface area contributed by atoms with E-state index < -0.39 is 0 Å². The van der Waals surface area contributed by atoms with Crippen LogP contribution in [0.15, 0.2) is 22.7 Å². The molecule has 1 saturated heterocycles. The molecule has 1 unspecified atom stereocenters. The topological polar surface area (TPSA) is 51.0 Å². The van der Waals surface area contributed by atoms with Gasteiger partial charge in [0.1, 0.15) is 0 Å². The maximum atomic E-state index is 5.99. The molecule has 0 aliphatic carbocycles. The molecule has 1 aliphatic heterocycles. The maximum absolute atomic E-state index is 5.99. The second kappa shape index (κ2) is 5.71. The molecule has 1 aromatic heterocycles. The van der Waals surface area contributed by atoms with Gasteiger partial charge in [-0.1, -0.05) is 28.4 Å². The van der Waals surface area contributed by atoms with Crippen LogP contribution in [0, 0.1) is 0 Å². The number of rotatable bonds is 2. The molecule has 2 aromatic rings. The van der Waals surface area contributed by atoms with Crippen LogP contribution in [0.1, 0.15) is 11.9 Å². The summed E-state index contributed by atoms with van der Waals surface area (Å²) < 4.78 is 5.32. The number of halogens is 2. The third-order valence-electron chi connectivity index (χ3n) is 2.84. The molecule has 1 atom stereocenters. The highest BCUT2D eigenvalue weighted by Crippen LogP contribution is 2.28. The molecule has 0 radical (unpaired) electrons. The Bertz CT molecular complexity index is 584. The van der Waals surface area contributed by atoms with Crippen LogP contribution in [0.5, 0.6) is 0 Å². The van der Waals surface area contributed by atoms with Crippen LogP contribution >= 0.6 is 35.0 Å². The number of hydrogen-bond donors (Lipinski definition) is 1. The summed E-state index contributed by atoms with van der Waals surface area (Å²) in [6.45, 7) is 0.958. The average molecular weight is 316 g/mol. The van der Waals surface area contributed by atoms with Gasteiger partial charge >= 0.3 is 0 Å². The van der Waals surface area contributed by atoms with Crippen molar-refractivity contribution in [2.24, 2.45) is 0 Å².